The molecule has 0 aromatic carbocycles. The van der Waals surface area contributed by atoms with Crippen LogP contribution in [0.15, 0.2) is 21.7 Å². The summed E-state index contributed by atoms with van der Waals surface area (Å²) in [4.78, 5) is 11.8. The van der Waals surface area contributed by atoms with Gasteiger partial charge in [0.25, 0.3) is 10.0 Å². The summed E-state index contributed by atoms with van der Waals surface area (Å²) in [5, 5.41) is 3.31. The highest BCUT2D eigenvalue weighted by Gasteiger charge is 2.41. The van der Waals surface area contributed by atoms with Crippen LogP contribution in [0.25, 0.3) is 0 Å². The van der Waals surface area contributed by atoms with Crippen molar-refractivity contribution in [2.45, 2.75) is 16.4 Å². The van der Waals surface area contributed by atoms with Crippen LogP contribution in [-0.2, 0) is 14.8 Å². The van der Waals surface area contributed by atoms with Crippen molar-refractivity contribution >= 4 is 39.0 Å². The average molecular weight is 360 g/mol. The monoisotopic (exact) mass is 360 g/mol. The summed E-state index contributed by atoms with van der Waals surface area (Å²) in [7, 11) is -3.85. The number of alkyl halides is 3. The minimum absolute atomic E-state index is 0.0460. The summed E-state index contributed by atoms with van der Waals surface area (Å²) in [6.45, 7) is -1.47. The number of sulfonamides is 1. The van der Waals surface area contributed by atoms with Crippen LogP contribution >= 0.6 is 23.1 Å². The average Bonchev–Trinajstić information content (AvgIpc) is 3.05. The van der Waals surface area contributed by atoms with E-state index in [1.165, 1.54) is 17.8 Å². The fraction of sp³-hybridized carbons (Fsp3) is 0.500. The van der Waals surface area contributed by atoms with E-state index in [1.54, 1.807) is 16.8 Å². The third kappa shape index (κ3) is 3.90. The third-order valence-corrected chi connectivity index (χ3v) is 7.07. The first-order valence-electron chi connectivity index (χ1n) is 5.69. The van der Waals surface area contributed by atoms with Crippen LogP contribution < -0.4 is 5.32 Å². The molecule has 5 nitrogen and oxygen atoms in total. The molecule has 1 unspecified atom stereocenters. The van der Waals surface area contributed by atoms with Gasteiger partial charge in [0, 0.05) is 5.75 Å². The van der Waals surface area contributed by atoms with Crippen LogP contribution in [-0.4, -0.2) is 49.0 Å². The van der Waals surface area contributed by atoms with E-state index in [0.717, 1.165) is 15.6 Å². The summed E-state index contributed by atoms with van der Waals surface area (Å²) in [5.74, 6) is -0.754. The summed E-state index contributed by atoms with van der Waals surface area (Å²) < 4.78 is 62.0. The number of hydrogen-bond acceptors (Lipinski definition) is 5. The number of hydrogen-bond donors (Lipinski definition) is 1. The lowest BCUT2D eigenvalue weighted by Crippen LogP contribution is -2.48. The van der Waals surface area contributed by atoms with Crippen molar-refractivity contribution in [3.63, 3.8) is 0 Å². The van der Waals surface area contributed by atoms with Crippen LogP contribution in [0.1, 0.15) is 0 Å². The van der Waals surface area contributed by atoms with Crippen molar-refractivity contribution in [1.82, 2.24) is 9.62 Å². The number of thiophene rings is 1. The molecule has 1 N–H and O–H groups in total. The predicted octanol–water partition coefficient (Wildman–Crippen LogP) is 1.49. The molecule has 1 saturated heterocycles. The van der Waals surface area contributed by atoms with E-state index in [2.05, 4.69) is 0 Å². The molecule has 1 atom stereocenters. The van der Waals surface area contributed by atoms with Crippen LogP contribution in [0.2, 0.25) is 0 Å². The van der Waals surface area contributed by atoms with Crippen molar-refractivity contribution in [2.75, 3.05) is 18.2 Å². The van der Waals surface area contributed by atoms with Gasteiger partial charge in [-0.15, -0.1) is 23.1 Å². The minimum atomic E-state index is -4.53. The maximum atomic E-state index is 12.3. The molecule has 1 fully saturated rings. The van der Waals surface area contributed by atoms with Gasteiger partial charge in [0.15, 0.2) is 0 Å². The van der Waals surface area contributed by atoms with Gasteiger partial charge in [0.05, 0.1) is 5.88 Å². The fourth-order valence-corrected chi connectivity index (χ4v) is 5.97. The highest BCUT2D eigenvalue weighted by atomic mass is 32.2. The quantitative estimate of drug-likeness (QED) is 0.884. The van der Waals surface area contributed by atoms with Gasteiger partial charge in [-0.2, -0.15) is 17.5 Å². The van der Waals surface area contributed by atoms with Gasteiger partial charge in [-0.1, -0.05) is 6.07 Å². The highest BCUT2D eigenvalue weighted by Crippen LogP contribution is 2.30. The summed E-state index contributed by atoms with van der Waals surface area (Å²) in [6.07, 6.45) is -4.53. The van der Waals surface area contributed by atoms with Gasteiger partial charge in [-0.3, -0.25) is 4.79 Å². The Bertz CT molecular complexity index is 601. The normalized spacial score (nSPS) is 20.6. The van der Waals surface area contributed by atoms with Crippen molar-refractivity contribution in [2.24, 2.45) is 0 Å². The van der Waals surface area contributed by atoms with Gasteiger partial charge in [-0.25, -0.2) is 8.42 Å². The molecule has 11 heteroatoms. The molecule has 2 rings (SSSR count). The number of nitrogens with one attached hydrogen (secondary N) is 1. The molecular formula is C10H11F3N2O3S3. The second-order valence-electron chi connectivity index (χ2n) is 4.17. The van der Waals surface area contributed by atoms with E-state index in [1.807, 2.05) is 0 Å². The SMILES string of the molecule is O=C(NCC(F)(F)F)C1CSCN1S(=O)(=O)c1cccs1. The van der Waals surface area contributed by atoms with Gasteiger partial charge in [0.1, 0.15) is 16.8 Å². The molecule has 0 spiro atoms. The molecule has 0 saturated carbocycles. The van der Waals surface area contributed by atoms with Crippen LogP contribution in [0.5, 0.6) is 0 Å². The molecule has 0 radical (unpaired) electrons. The Kier molecular flexibility index (Phi) is 4.85. The second kappa shape index (κ2) is 6.15. The highest BCUT2D eigenvalue weighted by molar-refractivity contribution is 8.01. The zero-order chi connectivity index (χ0) is 15.7. The van der Waals surface area contributed by atoms with Crippen molar-refractivity contribution in [3.05, 3.63) is 17.5 Å². The van der Waals surface area contributed by atoms with E-state index < -0.39 is 34.7 Å². The van der Waals surface area contributed by atoms with Gasteiger partial charge < -0.3 is 5.32 Å². The van der Waals surface area contributed by atoms with E-state index in [9.17, 15) is 26.4 Å². The third-order valence-electron chi connectivity index (χ3n) is 2.67. The first-order chi connectivity index (χ1) is 9.72. The molecule has 1 aromatic rings. The standard InChI is InChI=1S/C10H11F3N2O3S3/c11-10(12,13)5-14-9(16)7-4-19-6-15(7)21(17,18)8-2-1-3-20-8/h1-3,7H,4-6H2,(H,14,16). The second-order valence-corrected chi connectivity index (χ2v) is 8.24. The Morgan fingerprint density at radius 1 is 1.48 bits per heavy atom. The lowest BCUT2D eigenvalue weighted by atomic mass is 10.3. The van der Waals surface area contributed by atoms with E-state index >= 15 is 0 Å². The number of rotatable bonds is 4. The number of halogens is 3. The molecule has 1 aliphatic heterocycles. The Balaban J connectivity index is 2.12. The van der Waals surface area contributed by atoms with E-state index in [0.29, 0.717) is 0 Å². The van der Waals surface area contributed by atoms with Crippen LogP contribution in [0.4, 0.5) is 13.2 Å². The lowest BCUT2D eigenvalue weighted by Gasteiger charge is -2.22. The number of carbonyl (C=O) groups excluding carboxylic acids is 1. The predicted molar refractivity (Wildman–Crippen MR) is 73.5 cm³/mol. The molecule has 1 aliphatic rings. The fourth-order valence-electron chi connectivity index (χ4n) is 1.70. The number of carbonyl (C=O) groups is 1. The van der Waals surface area contributed by atoms with Gasteiger partial charge in [0.2, 0.25) is 5.91 Å². The largest absolute Gasteiger partial charge is 0.405 e. The van der Waals surface area contributed by atoms with Crippen LogP contribution in [0.3, 0.4) is 0 Å². The van der Waals surface area contributed by atoms with Gasteiger partial charge >= 0.3 is 6.18 Å². The topological polar surface area (TPSA) is 66.5 Å². The Hall–Kier alpha value is -0.780. The molecule has 21 heavy (non-hydrogen) atoms. The van der Waals surface area contributed by atoms with Gasteiger partial charge in [-0.05, 0) is 11.4 Å². The number of amides is 1. The zero-order valence-electron chi connectivity index (χ0n) is 10.5. The first-order valence-corrected chi connectivity index (χ1v) is 9.17. The first kappa shape index (κ1) is 16.6. The molecule has 0 bridgehead atoms. The minimum Gasteiger partial charge on any atom is -0.346 e. The van der Waals surface area contributed by atoms with E-state index in [4.69, 9.17) is 0 Å². The maximum absolute atomic E-state index is 12.3. The van der Waals surface area contributed by atoms with Crippen molar-refractivity contribution in [3.8, 4) is 0 Å². The smallest absolute Gasteiger partial charge is 0.346 e. The number of nitrogens with zero attached hydrogens (tertiary/aromatic N) is 1. The van der Waals surface area contributed by atoms with Crippen molar-refractivity contribution in [1.29, 1.82) is 0 Å². The van der Waals surface area contributed by atoms with E-state index in [-0.39, 0.29) is 15.8 Å². The summed E-state index contributed by atoms with van der Waals surface area (Å²) in [6, 6.07) is 1.83. The molecule has 0 aliphatic carbocycles. The lowest BCUT2D eigenvalue weighted by molar-refractivity contribution is -0.140. The van der Waals surface area contributed by atoms with Crippen molar-refractivity contribution < 1.29 is 26.4 Å². The molecule has 2 heterocycles. The Labute approximate surface area is 127 Å². The number of thioether (sulfide) groups is 1. The Morgan fingerprint density at radius 2 is 2.19 bits per heavy atom. The molecule has 1 amide bonds. The molecule has 1 aromatic heterocycles. The maximum Gasteiger partial charge on any atom is 0.405 e. The molecule has 118 valence electrons. The van der Waals surface area contributed by atoms with Crippen LogP contribution in [0, 0.1) is 0 Å². The summed E-state index contributed by atoms with van der Waals surface area (Å²) >= 11 is 2.18. The molecular weight excluding hydrogens is 349 g/mol. The summed E-state index contributed by atoms with van der Waals surface area (Å²) in [5.41, 5.74) is 0. The Morgan fingerprint density at radius 3 is 2.76 bits per heavy atom. The zero-order valence-corrected chi connectivity index (χ0v) is 12.9.